The van der Waals surface area contributed by atoms with E-state index < -0.39 is 29.8 Å². The Morgan fingerprint density at radius 3 is 2.28 bits per heavy atom. The number of hydrogen-bond acceptors (Lipinski definition) is 5. The van der Waals surface area contributed by atoms with Gasteiger partial charge in [0.2, 0.25) is 0 Å². The number of amides is 1. The van der Waals surface area contributed by atoms with Crippen LogP contribution in [0.15, 0.2) is 42.5 Å². The molecule has 0 fully saturated rings. The van der Waals surface area contributed by atoms with Crippen LogP contribution in [0.5, 0.6) is 0 Å². The molecule has 2 rings (SSSR count). The summed E-state index contributed by atoms with van der Waals surface area (Å²) in [5, 5.41) is 4.37. The zero-order chi connectivity index (χ0) is 18.4. The molecule has 0 unspecified atom stereocenters. The Bertz CT molecular complexity index is 781. The second-order valence-corrected chi connectivity index (χ2v) is 5.74. The Kier molecular flexibility index (Phi) is 6.11. The fourth-order valence-electron chi connectivity index (χ4n) is 2.67. The third-order valence-electron chi connectivity index (χ3n) is 4.02. The molecule has 0 aliphatic heterocycles. The van der Waals surface area contributed by atoms with Crippen LogP contribution in [0.3, 0.4) is 0 Å². The first-order valence-corrected chi connectivity index (χ1v) is 7.92. The molecule has 6 heteroatoms. The number of nitrogens with one attached hydrogen (secondary N) is 1. The van der Waals surface area contributed by atoms with E-state index in [2.05, 4.69) is 10.1 Å². The van der Waals surface area contributed by atoms with Crippen molar-refractivity contribution in [3.8, 4) is 0 Å². The largest absolute Gasteiger partial charge is 0.469 e. The molecule has 25 heavy (non-hydrogen) atoms. The minimum Gasteiger partial charge on any atom is -0.469 e. The third kappa shape index (κ3) is 4.35. The van der Waals surface area contributed by atoms with Gasteiger partial charge >= 0.3 is 11.9 Å². The van der Waals surface area contributed by atoms with Crippen molar-refractivity contribution < 1.29 is 23.9 Å². The van der Waals surface area contributed by atoms with E-state index in [-0.39, 0.29) is 6.42 Å². The van der Waals surface area contributed by atoms with Gasteiger partial charge in [-0.25, -0.2) is 4.79 Å². The number of rotatable bonds is 6. The Morgan fingerprint density at radius 2 is 1.60 bits per heavy atom. The summed E-state index contributed by atoms with van der Waals surface area (Å²) < 4.78 is 9.41. The molecule has 0 bridgehead atoms. The summed E-state index contributed by atoms with van der Waals surface area (Å²) >= 11 is 0. The minimum absolute atomic E-state index is 0.0931. The SMILES string of the molecule is COC(=O)[C@H](C)C[C@H](NC(=O)c1cccc2ccccc12)C(=O)OC. The van der Waals surface area contributed by atoms with Gasteiger partial charge in [0.1, 0.15) is 6.04 Å². The van der Waals surface area contributed by atoms with E-state index in [0.717, 1.165) is 10.8 Å². The van der Waals surface area contributed by atoms with Gasteiger partial charge in [0.05, 0.1) is 20.1 Å². The van der Waals surface area contributed by atoms with Crippen molar-refractivity contribution >= 4 is 28.6 Å². The summed E-state index contributed by atoms with van der Waals surface area (Å²) in [5.41, 5.74) is 0.456. The lowest BCUT2D eigenvalue weighted by Gasteiger charge is -2.19. The Labute approximate surface area is 146 Å². The van der Waals surface area contributed by atoms with E-state index >= 15 is 0 Å². The first-order valence-electron chi connectivity index (χ1n) is 7.92. The van der Waals surface area contributed by atoms with Gasteiger partial charge in [0.25, 0.3) is 5.91 Å². The van der Waals surface area contributed by atoms with Crippen LogP contribution in [-0.2, 0) is 19.1 Å². The molecule has 1 amide bonds. The summed E-state index contributed by atoms with van der Waals surface area (Å²) in [4.78, 5) is 36.3. The molecule has 132 valence electrons. The zero-order valence-corrected chi connectivity index (χ0v) is 14.4. The van der Waals surface area contributed by atoms with Gasteiger partial charge in [-0.15, -0.1) is 0 Å². The van der Waals surface area contributed by atoms with Gasteiger partial charge < -0.3 is 14.8 Å². The predicted octanol–water partition coefficient (Wildman–Crippen LogP) is 2.31. The monoisotopic (exact) mass is 343 g/mol. The summed E-state index contributed by atoms with van der Waals surface area (Å²) in [5.74, 6) is -2.01. The molecule has 0 spiro atoms. The van der Waals surface area contributed by atoms with Crippen molar-refractivity contribution in [2.45, 2.75) is 19.4 Å². The average molecular weight is 343 g/mol. The number of benzene rings is 2. The Morgan fingerprint density at radius 1 is 0.960 bits per heavy atom. The van der Waals surface area contributed by atoms with Gasteiger partial charge in [-0.3, -0.25) is 9.59 Å². The molecular formula is C19H21NO5. The van der Waals surface area contributed by atoms with Gasteiger partial charge in [0.15, 0.2) is 0 Å². The second kappa shape index (κ2) is 8.28. The maximum Gasteiger partial charge on any atom is 0.328 e. The van der Waals surface area contributed by atoms with Gasteiger partial charge in [-0.05, 0) is 23.3 Å². The quantitative estimate of drug-likeness (QED) is 0.814. The van der Waals surface area contributed by atoms with Crippen LogP contribution in [0.1, 0.15) is 23.7 Å². The second-order valence-electron chi connectivity index (χ2n) is 5.74. The molecule has 2 atom stereocenters. The van der Waals surface area contributed by atoms with Gasteiger partial charge in [0, 0.05) is 5.56 Å². The number of carbonyl (C=O) groups excluding carboxylic acids is 3. The molecule has 0 aliphatic rings. The standard InChI is InChI=1S/C19H21NO5/c1-12(18(22)24-2)11-16(19(23)25-3)20-17(21)15-10-6-8-13-7-4-5-9-14(13)15/h4-10,12,16H,11H2,1-3H3,(H,20,21)/t12-,16+/m1/s1. The molecule has 0 saturated carbocycles. The summed E-state index contributed by atoms with van der Waals surface area (Å²) in [6, 6.07) is 11.9. The van der Waals surface area contributed by atoms with E-state index in [1.165, 1.54) is 14.2 Å². The highest BCUT2D eigenvalue weighted by Crippen LogP contribution is 2.19. The predicted molar refractivity (Wildman–Crippen MR) is 93.0 cm³/mol. The highest BCUT2D eigenvalue weighted by Gasteiger charge is 2.28. The maximum atomic E-state index is 12.7. The van der Waals surface area contributed by atoms with E-state index in [1.54, 1.807) is 19.1 Å². The lowest BCUT2D eigenvalue weighted by molar-refractivity contribution is -0.147. The van der Waals surface area contributed by atoms with Crippen molar-refractivity contribution in [3.05, 3.63) is 48.0 Å². The summed E-state index contributed by atoms with van der Waals surface area (Å²) in [6.45, 7) is 1.63. The van der Waals surface area contributed by atoms with Crippen LogP contribution in [0.25, 0.3) is 10.8 Å². The molecule has 6 nitrogen and oxygen atoms in total. The summed E-state index contributed by atoms with van der Waals surface area (Å²) in [7, 11) is 2.52. The molecule has 0 heterocycles. The number of fused-ring (bicyclic) bond motifs is 1. The molecule has 0 aromatic heterocycles. The first kappa shape index (κ1) is 18.4. The number of esters is 2. The zero-order valence-electron chi connectivity index (χ0n) is 14.4. The number of methoxy groups -OCH3 is 2. The van der Waals surface area contributed by atoms with Crippen LogP contribution >= 0.6 is 0 Å². The highest BCUT2D eigenvalue weighted by molar-refractivity contribution is 6.08. The fourth-order valence-corrected chi connectivity index (χ4v) is 2.67. The Balaban J connectivity index is 2.24. The molecule has 2 aromatic carbocycles. The third-order valence-corrected chi connectivity index (χ3v) is 4.02. The van der Waals surface area contributed by atoms with Crippen molar-refractivity contribution in [1.82, 2.24) is 5.32 Å². The van der Waals surface area contributed by atoms with Crippen LogP contribution < -0.4 is 5.32 Å². The van der Waals surface area contributed by atoms with Crippen molar-refractivity contribution in [3.63, 3.8) is 0 Å². The van der Waals surface area contributed by atoms with E-state index in [4.69, 9.17) is 4.74 Å². The lowest BCUT2D eigenvalue weighted by atomic mass is 10.00. The molecule has 1 N–H and O–H groups in total. The Hall–Kier alpha value is -2.89. The topological polar surface area (TPSA) is 81.7 Å². The molecule has 0 radical (unpaired) electrons. The normalized spacial score (nSPS) is 12.9. The minimum atomic E-state index is -0.939. The van der Waals surface area contributed by atoms with E-state index in [0.29, 0.717) is 5.56 Å². The van der Waals surface area contributed by atoms with Crippen molar-refractivity contribution in [2.24, 2.45) is 5.92 Å². The number of carbonyl (C=O) groups is 3. The summed E-state index contributed by atoms with van der Waals surface area (Å²) in [6.07, 6.45) is 0.0931. The fraction of sp³-hybridized carbons (Fsp3) is 0.316. The average Bonchev–Trinajstić information content (AvgIpc) is 2.65. The van der Waals surface area contributed by atoms with Crippen molar-refractivity contribution in [2.75, 3.05) is 14.2 Å². The molecule has 2 aromatic rings. The van der Waals surface area contributed by atoms with Crippen LogP contribution in [0.2, 0.25) is 0 Å². The molecular weight excluding hydrogens is 322 g/mol. The van der Waals surface area contributed by atoms with Crippen molar-refractivity contribution in [1.29, 1.82) is 0 Å². The smallest absolute Gasteiger partial charge is 0.328 e. The number of ether oxygens (including phenoxy) is 2. The molecule has 0 aliphatic carbocycles. The first-order chi connectivity index (χ1) is 12.0. The van der Waals surface area contributed by atoms with Crippen LogP contribution in [0, 0.1) is 5.92 Å². The number of hydrogen-bond donors (Lipinski definition) is 1. The van der Waals surface area contributed by atoms with Crippen LogP contribution in [-0.4, -0.2) is 38.1 Å². The van der Waals surface area contributed by atoms with E-state index in [1.807, 2.05) is 30.3 Å². The van der Waals surface area contributed by atoms with Gasteiger partial charge in [-0.2, -0.15) is 0 Å². The van der Waals surface area contributed by atoms with Crippen LogP contribution in [0.4, 0.5) is 0 Å². The van der Waals surface area contributed by atoms with E-state index in [9.17, 15) is 14.4 Å². The van der Waals surface area contributed by atoms with Gasteiger partial charge in [-0.1, -0.05) is 43.3 Å². The lowest BCUT2D eigenvalue weighted by Crippen LogP contribution is -2.43. The molecule has 0 saturated heterocycles. The highest BCUT2D eigenvalue weighted by atomic mass is 16.5. The maximum absolute atomic E-state index is 12.7.